The van der Waals surface area contributed by atoms with Crippen LogP contribution in [-0.2, 0) is 6.42 Å². The average molecular weight is 487 g/mol. The highest BCUT2D eigenvalue weighted by Crippen LogP contribution is 2.34. The molecule has 194 valence electrons. The van der Waals surface area contributed by atoms with Crippen LogP contribution in [0.3, 0.4) is 0 Å². The van der Waals surface area contributed by atoms with Gasteiger partial charge in [-0.25, -0.2) is 9.97 Å². The van der Waals surface area contributed by atoms with E-state index in [1.807, 2.05) is 12.4 Å². The summed E-state index contributed by atoms with van der Waals surface area (Å²) in [5.74, 6) is 1.55. The van der Waals surface area contributed by atoms with Gasteiger partial charge in [0.25, 0.3) is 0 Å². The third-order valence-corrected chi connectivity index (χ3v) is 6.94. The number of hydrogen-bond acceptors (Lipinski definition) is 3. The fourth-order valence-electron chi connectivity index (χ4n) is 4.86. The average Bonchev–Trinajstić information content (AvgIpc) is 2.91. The van der Waals surface area contributed by atoms with Gasteiger partial charge >= 0.3 is 0 Å². The molecule has 1 aromatic heterocycles. The quantitative estimate of drug-likeness (QED) is 0.178. The number of rotatable bonds is 17. The van der Waals surface area contributed by atoms with Crippen molar-refractivity contribution in [1.82, 2.24) is 9.97 Å². The summed E-state index contributed by atoms with van der Waals surface area (Å²) < 4.78 is 6.14. The molecule has 3 nitrogen and oxygen atoms in total. The van der Waals surface area contributed by atoms with Gasteiger partial charge in [0.15, 0.2) is 11.6 Å². The molecule has 0 unspecified atom stereocenters. The smallest absolute Gasteiger partial charge is 0.160 e. The predicted octanol–water partition coefficient (Wildman–Crippen LogP) is 9.84. The lowest BCUT2D eigenvalue weighted by atomic mass is 9.92. The first kappa shape index (κ1) is 27.9. The maximum Gasteiger partial charge on any atom is 0.160 e. The van der Waals surface area contributed by atoms with Crippen LogP contribution in [0.25, 0.3) is 22.5 Å². The van der Waals surface area contributed by atoms with E-state index in [1.54, 1.807) is 0 Å². The number of benzene rings is 2. The van der Waals surface area contributed by atoms with Gasteiger partial charge in [-0.2, -0.15) is 0 Å². The van der Waals surface area contributed by atoms with Crippen molar-refractivity contribution in [3.63, 3.8) is 0 Å². The van der Waals surface area contributed by atoms with Gasteiger partial charge in [-0.15, -0.1) is 0 Å². The summed E-state index contributed by atoms with van der Waals surface area (Å²) in [4.78, 5) is 9.60. The van der Waals surface area contributed by atoms with Crippen LogP contribution in [-0.4, -0.2) is 16.1 Å². The summed E-state index contributed by atoms with van der Waals surface area (Å²) in [6, 6.07) is 17.2. The van der Waals surface area contributed by atoms with Crippen LogP contribution in [0.2, 0.25) is 0 Å². The van der Waals surface area contributed by atoms with E-state index in [-0.39, 0.29) is 6.10 Å². The molecule has 1 atom stereocenters. The zero-order chi connectivity index (χ0) is 25.4. The summed E-state index contributed by atoms with van der Waals surface area (Å²) in [6.45, 7) is 6.68. The minimum absolute atomic E-state index is 0.181. The Hall–Kier alpha value is -2.68. The summed E-state index contributed by atoms with van der Waals surface area (Å²) in [7, 11) is 0. The molecule has 0 N–H and O–H groups in total. The first-order valence-electron chi connectivity index (χ1n) is 14.4. The number of aryl methyl sites for hydroxylation is 1. The Labute approximate surface area is 219 Å². The summed E-state index contributed by atoms with van der Waals surface area (Å²) in [5, 5.41) is 0. The lowest BCUT2D eigenvalue weighted by molar-refractivity contribution is 0.205. The molecule has 0 radical (unpaired) electrons. The Balaban J connectivity index is 1.73. The molecular formula is C33H46N2O. The third-order valence-electron chi connectivity index (χ3n) is 6.94. The standard InChI is InChI=1S/C33H46N2O/c1-4-6-8-10-12-15-22-29-23-18-24-31(28-20-16-13-17-21-28)32(29)33-34-25-30(26-35-33)36-27(3)19-14-11-9-7-5-2/h13,16-18,20-21,23-27H,4-12,14-15,19,22H2,1-3H3/t27-/m0/s1. The maximum atomic E-state index is 6.14. The van der Waals surface area contributed by atoms with Gasteiger partial charge in [0.1, 0.15) is 0 Å². The van der Waals surface area contributed by atoms with Gasteiger partial charge in [0, 0.05) is 5.56 Å². The van der Waals surface area contributed by atoms with E-state index in [0.29, 0.717) is 0 Å². The van der Waals surface area contributed by atoms with E-state index >= 15 is 0 Å². The number of aromatic nitrogens is 2. The Morgan fingerprint density at radius 2 is 1.33 bits per heavy atom. The largest absolute Gasteiger partial charge is 0.487 e. The minimum Gasteiger partial charge on any atom is -0.487 e. The highest BCUT2D eigenvalue weighted by molar-refractivity contribution is 5.82. The molecule has 0 aliphatic rings. The summed E-state index contributed by atoms with van der Waals surface area (Å²) in [5.41, 5.74) is 4.90. The van der Waals surface area contributed by atoms with Crippen LogP contribution in [0, 0.1) is 0 Å². The molecule has 0 aliphatic carbocycles. The van der Waals surface area contributed by atoms with Crippen LogP contribution < -0.4 is 4.74 Å². The summed E-state index contributed by atoms with van der Waals surface area (Å²) >= 11 is 0. The van der Waals surface area contributed by atoms with E-state index in [2.05, 4.69) is 69.3 Å². The lowest BCUT2D eigenvalue weighted by Crippen LogP contribution is -2.12. The Kier molecular flexibility index (Phi) is 12.5. The SMILES string of the molecule is CCCCCCCCc1cccc(-c2ccccc2)c1-c1ncc(O[C@@H](C)CCCCCCC)cn1. The van der Waals surface area contributed by atoms with Crippen LogP contribution in [0.5, 0.6) is 5.75 Å². The Bertz CT molecular complexity index is 984. The van der Waals surface area contributed by atoms with Crippen molar-refractivity contribution >= 4 is 0 Å². The molecule has 0 saturated heterocycles. The molecule has 3 aromatic rings. The van der Waals surface area contributed by atoms with Gasteiger partial charge in [-0.05, 0) is 49.3 Å². The van der Waals surface area contributed by atoms with Crippen LogP contribution >= 0.6 is 0 Å². The Morgan fingerprint density at radius 1 is 0.694 bits per heavy atom. The topological polar surface area (TPSA) is 35.0 Å². The van der Waals surface area contributed by atoms with E-state index in [0.717, 1.165) is 30.0 Å². The van der Waals surface area contributed by atoms with Crippen LogP contribution in [0.4, 0.5) is 0 Å². The molecule has 0 fully saturated rings. The maximum absolute atomic E-state index is 6.14. The van der Waals surface area contributed by atoms with Gasteiger partial charge in [-0.1, -0.05) is 120 Å². The molecule has 0 saturated carbocycles. The third kappa shape index (κ3) is 9.08. The highest BCUT2D eigenvalue weighted by Gasteiger charge is 2.15. The fourth-order valence-corrected chi connectivity index (χ4v) is 4.86. The van der Waals surface area contributed by atoms with Gasteiger partial charge < -0.3 is 4.74 Å². The number of hydrogen-bond donors (Lipinski definition) is 0. The van der Waals surface area contributed by atoms with Crippen LogP contribution in [0.1, 0.15) is 103 Å². The number of ether oxygens (including phenoxy) is 1. The minimum atomic E-state index is 0.181. The van der Waals surface area contributed by atoms with Crippen molar-refractivity contribution in [1.29, 1.82) is 0 Å². The van der Waals surface area contributed by atoms with Gasteiger partial charge in [-0.3, -0.25) is 0 Å². The molecule has 2 aromatic carbocycles. The zero-order valence-electron chi connectivity index (χ0n) is 22.8. The monoisotopic (exact) mass is 486 g/mol. The first-order chi connectivity index (χ1) is 17.7. The molecular weight excluding hydrogens is 440 g/mol. The van der Waals surface area contributed by atoms with E-state index in [1.165, 1.54) is 87.3 Å². The molecule has 0 bridgehead atoms. The van der Waals surface area contributed by atoms with E-state index in [9.17, 15) is 0 Å². The van der Waals surface area contributed by atoms with Crippen molar-refractivity contribution in [2.24, 2.45) is 0 Å². The number of unbranched alkanes of at least 4 members (excludes halogenated alkanes) is 9. The Morgan fingerprint density at radius 3 is 2.03 bits per heavy atom. The highest BCUT2D eigenvalue weighted by atomic mass is 16.5. The van der Waals surface area contributed by atoms with E-state index in [4.69, 9.17) is 14.7 Å². The number of nitrogens with zero attached hydrogens (tertiary/aromatic N) is 2. The predicted molar refractivity (Wildman–Crippen MR) is 153 cm³/mol. The second-order valence-electron chi connectivity index (χ2n) is 10.1. The molecule has 3 rings (SSSR count). The van der Waals surface area contributed by atoms with Crippen molar-refractivity contribution in [3.05, 3.63) is 66.5 Å². The van der Waals surface area contributed by atoms with E-state index < -0.39 is 0 Å². The van der Waals surface area contributed by atoms with Crippen molar-refractivity contribution in [2.75, 3.05) is 0 Å². The van der Waals surface area contributed by atoms with Crippen molar-refractivity contribution in [2.45, 2.75) is 110 Å². The second-order valence-corrected chi connectivity index (χ2v) is 10.1. The van der Waals surface area contributed by atoms with Crippen molar-refractivity contribution < 1.29 is 4.74 Å². The summed E-state index contributed by atoms with van der Waals surface area (Å²) in [6.07, 6.45) is 20.2. The molecule has 0 aliphatic heterocycles. The fraction of sp³-hybridized carbons (Fsp3) is 0.515. The molecule has 0 amide bonds. The van der Waals surface area contributed by atoms with Gasteiger partial charge in [0.05, 0.1) is 18.5 Å². The zero-order valence-corrected chi connectivity index (χ0v) is 22.8. The molecule has 0 spiro atoms. The first-order valence-corrected chi connectivity index (χ1v) is 14.4. The molecule has 3 heteroatoms. The lowest BCUT2D eigenvalue weighted by Gasteiger charge is -2.16. The molecule has 1 heterocycles. The second kappa shape index (κ2) is 16.1. The normalized spacial score (nSPS) is 12.0. The van der Waals surface area contributed by atoms with Gasteiger partial charge in [0.2, 0.25) is 0 Å². The van der Waals surface area contributed by atoms with Crippen LogP contribution in [0.15, 0.2) is 60.9 Å². The van der Waals surface area contributed by atoms with Crippen molar-refractivity contribution in [3.8, 4) is 28.3 Å². The molecule has 36 heavy (non-hydrogen) atoms.